The van der Waals surface area contributed by atoms with Crippen LogP contribution in [0.2, 0.25) is 0 Å². The fourth-order valence-electron chi connectivity index (χ4n) is 6.51. The maximum absolute atomic E-state index is 6.69. The number of ether oxygens (including phenoxy) is 4. The highest BCUT2D eigenvalue weighted by Crippen LogP contribution is 2.35. The van der Waals surface area contributed by atoms with Gasteiger partial charge in [0.05, 0.1) is 32.1 Å². The first-order chi connectivity index (χ1) is 19.1. The van der Waals surface area contributed by atoms with Crippen molar-refractivity contribution in [2.75, 3.05) is 65.1 Å². The monoisotopic (exact) mass is 537 g/mol. The van der Waals surface area contributed by atoms with E-state index in [-0.39, 0.29) is 6.10 Å². The second-order valence-corrected chi connectivity index (χ2v) is 11.4. The average molecular weight is 538 g/mol. The quantitative estimate of drug-likeness (QED) is 0.389. The molecule has 4 atom stereocenters. The van der Waals surface area contributed by atoms with Gasteiger partial charge in [-0.15, -0.1) is 0 Å². The topological polar surface area (TPSA) is 55.4 Å². The number of fused-ring (bicyclic) bond motifs is 1. The molecule has 7 nitrogen and oxygen atoms in total. The van der Waals surface area contributed by atoms with Crippen LogP contribution in [0.25, 0.3) is 0 Å². The number of nitrogens with zero attached hydrogens (tertiary/aromatic N) is 2. The van der Waals surface area contributed by atoms with Crippen LogP contribution in [0.3, 0.4) is 0 Å². The van der Waals surface area contributed by atoms with Crippen LogP contribution >= 0.6 is 0 Å². The third-order valence-corrected chi connectivity index (χ3v) is 8.75. The van der Waals surface area contributed by atoms with Crippen molar-refractivity contribution in [1.82, 2.24) is 10.2 Å². The zero-order valence-corrected chi connectivity index (χ0v) is 24.1. The Hall–Kier alpha value is -2.32. The Labute approximate surface area is 234 Å². The van der Waals surface area contributed by atoms with Crippen molar-refractivity contribution in [1.29, 1.82) is 0 Å². The SMILES string of the molecule is COCCCN1CCOc2ccc(CO[C@H]3CN[C@@H](CC(C)N4CCCC4)C[C@@H]3c3ccc(OC)cc3)cc21. The first kappa shape index (κ1) is 28.2. The zero-order chi connectivity index (χ0) is 27.0. The molecule has 3 aliphatic heterocycles. The smallest absolute Gasteiger partial charge is 0.142 e. The van der Waals surface area contributed by atoms with Crippen molar-refractivity contribution >= 4 is 5.69 Å². The van der Waals surface area contributed by atoms with Crippen molar-refractivity contribution in [3.8, 4) is 11.5 Å². The van der Waals surface area contributed by atoms with E-state index in [1.165, 1.54) is 49.2 Å². The molecule has 39 heavy (non-hydrogen) atoms. The highest BCUT2D eigenvalue weighted by Gasteiger charge is 2.34. The van der Waals surface area contributed by atoms with Gasteiger partial charge in [0, 0.05) is 44.8 Å². The van der Waals surface area contributed by atoms with Crippen molar-refractivity contribution in [3.05, 3.63) is 53.6 Å². The number of methoxy groups -OCH3 is 2. The molecule has 0 saturated carbocycles. The molecule has 0 spiro atoms. The van der Waals surface area contributed by atoms with E-state index in [1.807, 2.05) is 0 Å². The molecule has 2 aromatic rings. The minimum Gasteiger partial charge on any atom is -0.497 e. The fraction of sp³-hybridized carbons (Fsp3) is 0.625. The average Bonchev–Trinajstić information content (AvgIpc) is 3.52. The van der Waals surface area contributed by atoms with Crippen molar-refractivity contribution in [3.63, 3.8) is 0 Å². The molecular weight excluding hydrogens is 490 g/mol. The van der Waals surface area contributed by atoms with E-state index < -0.39 is 0 Å². The molecule has 0 aromatic heterocycles. The minimum absolute atomic E-state index is 0.113. The lowest BCUT2D eigenvalue weighted by Gasteiger charge is -2.39. The molecule has 214 valence electrons. The number of likely N-dealkylation sites (tertiary alicyclic amines) is 1. The van der Waals surface area contributed by atoms with Crippen molar-refractivity contribution < 1.29 is 18.9 Å². The van der Waals surface area contributed by atoms with Crippen LogP contribution in [0.1, 0.15) is 56.1 Å². The summed E-state index contributed by atoms with van der Waals surface area (Å²) in [5.41, 5.74) is 3.70. The van der Waals surface area contributed by atoms with Crippen LogP contribution in [-0.4, -0.2) is 83.2 Å². The molecule has 0 bridgehead atoms. The van der Waals surface area contributed by atoms with Gasteiger partial charge in [-0.2, -0.15) is 0 Å². The van der Waals surface area contributed by atoms with Crippen molar-refractivity contribution in [2.24, 2.45) is 0 Å². The summed E-state index contributed by atoms with van der Waals surface area (Å²) >= 11 is 0. The Kier molecular flexibility index (Phi) is 10.0. The maximum Gasteiger partial charge on any atom is 0.142 e. The van der Waals surface area contributed by atoms with Crippen LogP contribution in [0.4, 0.5) is 5.69 Å². The highest BCUT2D eigenvalue weighted by molar-refractivity contribution is 5.61. The molecule has 2 saturated heterocycles. The van der Waals surface area contributed by atoms with Gasteiger partial charge in [-0.25, -0.2) is 0 Å². The lowest BCUT2D eigenvalue weighted by Crippen LogP contribution is -2.49. The number of hydrogen-bond donors (Lipinski definition) is 1. The molecule has 1 unspecified atom stereocenters. The second-order valence-electron chi connectivity index (χ2n) is 11.4. The van der Waals surface area contributed by atoms with Crippen molar-refractivity contribution in [2.45, 2.75) is 69.7 Å². The minimum atomic E-state index is 0.113. The number of nitrogens with one attached hydrogen (secondary N) is 1. The van der Waals surface area contributed by atoms with Gasteiger partial charge < -0.3 is 34.1 Å². The number of piperidine rings is 1. The predicted octanol–water partition coefficient (Wildman–Crippen LogP) is 4.84. The van der Waals surface area contributed by atoms with E-state index in [0.29, 0.717) is 24.6 Å². The molecule has 5 rings (SSSR count). The van der Waals surface area contributed by atoms with Gasteiger partial charge in [-0.05, 0) is 87.5 Å². The molecule has 2 aromatic carbocycles. The summed E-state index contributed by atoms with van der Waals surface area (Å²) in [6.45, 7) is 9.73. The normalized spacial score (nSPS) is 24.3. The van der Waals surface area contributed by atoms with Crippen LogP contribution in [-0.2, 0) is 16.1 Å². The van der Waals surface area contributed by atoms with Gasteiger partial charge in [-0.3, -0.25) is 0 Å². The molecular formula is C32H47N3O4. The van der Waals surface area contributed by atoms with Crippen LogP contribution in [0.5, 0.6) is 11.5 Å². The largest absolute Gasteiger partial charge is 0.497 e. The Morgan fingerprint density at radius 1 is 1.05 bits per heavy atom. The van der Waals surface area contributed by atoms with Gasteiger partial charge in [-0.1, -0.05) is 18.2 Å². The Balaban J connectivity index is 1.26. The summed E-state index contributed by atoms with van der Waals surface area (Å²) in [4.78, 5) is 5.07. The predicted molar refractivity (Wildman–Crippen MR) is 156 cm³/mol. The summed E-state index contributed by atoms with van der Waals surface area (Å²) in [6, 6.07) is 16.2. The van der Waals surface area contributed by atoms with E-state index in [0.717, 1.165) is 57.2 Å². The molecule has 1 N–H and O–H groups in total. The standard InChI is InChI=1S/C32H47N3O4/c1-24(34-13-4-5-14-34)19-27-21-29(26-8-10-28(37-3)11-9-26)32(22-33-27)39-23-25-7-12-31-30(20-25)35(16-18-38-31)15-6-17-36-2/h7-12,20,24,27,29,32-33H,4-6,13-19,21-23H2,1-3H3/t24?,27-,29+,32-/m0/s1. The highest BCUT2D eigenvalue weighted by atomic mass is 16.5. The zero-order valence-electron chi connectivity index (χ0n) is 24.1. The Morgan fingerprint density at radius 3 is 2.64 bits per heavy atom. The Morgan fingerprint density at radius 2 is 1.87 bits per heavy atom. The first-order valence-electron chi connectivity index (χ1n) is 14.9. The molecule has 7 heteroatoms. The molecule has 3 aliphatic rings. The van der Waals surface area contributed by atoms with E-state index in [2.05, 4.69) is 64.5 Å². The summed E-state index contributed by atoms with van der Waals surface area (Å²) in [5, 5.41) is 3.85. The lowest BCUT2D eigenvalue weighted by molar-refractivity contribution is 0.000486. The summed E-state index contributed by atoms with van der Waals surface area (Å²) < 4.78 is 23.3. The maximum atomic E-state index is 6.69. The lowest BCUT2D eigenvalue weighted by atomic mass is 9.82. The van der Waals surface area contributed by atoms with E-state index >= 15 is 0 Å². The second kappa shape index (κ2) is 13.8. The molecule has 0 aliphatic carbocycles. The van der Waals surface area contributed by atoms with Gasteiger partial charge in [0.25, 0.3) is 0 Å². The molecule has 2 fully saturated rings. The van der Waals surface area contributed by atoms with Gasteiger partial charge in [0.2, 0.25) is 0 Å². The Bertz CT molecular complexity index is 1030. The van der Waals surface area contributed by atoms with Crippen LogP contribution < -0.4 is 19.7 Å². The molecule has 0 radical (unpaired) electrons. The molecule has 0 amide bonds. The number of benzene rings is 2. The third kappa shape index (κ3) is 7.26. The van der Waals surface area contributed by atoms with Gasteiger partial charge in [0.15, 0.2) is 0 Å². The summed E-state index contributed by atoms with van der Waals surface area (Å²) in [6.07, 6.45) is 6.07. The van der Waals surface area contributed by atoms with Gasteiger partial charge >= 0.3 is 0 Å². The fourth-order valence-corrected chi connectivity index (χ4v) is 6.51. The van der Waals surface area contributed by atoms with E-state index in [4.69, 9.17) is 18.9 Å². The van der Waals surface area contributed by atoms with Gasteiger partial charge in [0.1, 0.15) is 18.1 Å². The van der Waals surface area contributed by atoms with E-state index in [9.17, 15) is 0 Å². The van der Waals surface area contributed by atoms with E-state index in [1.54, 1.807) is 14.2 Å². The van der Waals surface area contributed by atoms with Crippen LogP contribution in [0.15, 0.2) is 42.5 Å². The summed E-state index contributed by atoms with van der Waals surface area (Å²) in [7, 11) is 3.49. The number of anilines is 1. The number of rotatable bonds is 12. The molecule has 3 heterocycles. The third-order valence-electron chi connectivity index (χ3n) is 8.75. The van der Waals surface area contributed by atoms with Crippen LogP contribution in [0, 0.1) is 0 Å². The summed E-state index contributed by atoms with van der Waals surface area (Å²) in [5.74, 6) is 2.21. The first-order valence-corrected chi connectivity index (χ1v) is 14.9. The number of hydrogen-bond acceptors (Lipinski definition) is 7.